The number of nitrogens with one attached hydrogen (secondary N) is 1. The van der Waals surface area contributed by atoms with Crippen molar-refractivity contribution < 1.29 is 9.84 Å². The van der Waals surface area contributed by atoms with Crippen molar-refractivity contribution in [3.05, 3.63) is 0 Å². The van der Waals surface area contributed by atoms with E-state index in [9.17, 15) is 5.11 Å². The number of aliphatic hydroxyl groups is 1. The summed E-state index contributed by atoms with van der Waals surface area (Å²) in [4.78, 5) is 0. The van der Waals surface area contributed by atoms with E-state index in [0.717, 1.165) is 32.4 Å². The molecule has 2 N–H and O–H groups in total. The minimum Gasteiger partial charge on any atom is -0.392 e. The molecule has 2 atom stereocenters. The SMILES string of the molecule is CCNCC(O)CC1CCCO1. The van der Waals surface area contributed by atoms with Gasteiger partial charge in [-0.15, -0.1) is 0 Å². The van der Waals surface area contributed by atoms with Gasteiger partial charge < -0.3 is 15.2 Å². The summed E-state index contributed by atoms with van der Waals surface area (Å²) in [5.41, 5.74) is 0. The minimum absolute atomic E-state index is 0.243. The fraction of sp³-hybridized carbons (Fsp3) is 1.00. The number of hydrogen-bond acceptors (Lipinski definition) is 3. The van der Waals surface area contributed by atoms with Crippen molar-refractivity contribution in [3.8, 4) is 0 Å². The Bertz CT molecular complexity index is 113. The van der Waals surface area contributed by atoms with Crippen molar-refractivity contribution in [1.29, 1.82) is 0 Å². The highest BCUT2D eigenvalue weighted by Crippen LogP contribution is 2.16. The van der Waals surface area contributed by atoms with E-state index >= 15 is 0 Å². The Labute approximate surface area is 74.1 Å². The zero-order valence-corrected chi connectivity index (χ0v) is 7.75. The molecule has 0 saturated carbocycles. The lowest BCUT2D eigenvalue weighted by atomic mass is 10.1. The van der Waals surface area contributed by atoms with E-state index in [-0.39, 0.29) is 6.10 Å². The Morgan fingerprint density at radius 1 is 1.67 bits per heavy atom. The van der Waals surface area contributed by atoms with E-state index in [1.165, 1.54) is 0 Å². The van der Waals surface area contributed by atoms with Crippen molar-refractivity contribution in [2.24, 2.45) is 0 Å². The van der Waals surface area contributed by atoms with Crippen LogP contribution in [0.15, 0.2) is 0 Å². The molecule has 0 amide bonds. The van der Waals surface area contributed by atoms with Crippen LogP contribution in [0.25, 0.3) is 0 Å². The molecule has 12 heavy (non-hydrogen) atoms. The van der Waals surface area contributed by atoms with Crippen LogP contribution < -0.4 is 5.32 Å². The van der Waals surface area contributed by atoms with Crippen LogP contribution >= 0.6 is 0 Å². The van der Waals surface area contributed by atoms with Crippen molar-refractivity contribution >= 4 is 0 Å². The molecule has 0 bridgehead atoms. The maximum Gasteiger partial charge on any atom is 0.0689 e. The van der Waals surface area contributed by atoms with Crippen LogP contribution in [0.2, 0.25) is 0 Å². The van der Waals surface area contributed by atoms with E-state index in [4.69, 9.17) is 4.74 Å². The van der Waals surface area contributed by atoms with E-state index in [1.807, 2.05) is 6.92 Å². The average molecular weight is 173 g/mol. The second kappa shape index (κ2) is 5.51. The summed E-state index contributed by atoms with van der Waals surface area (Å²) in [6.45, 7) is 4.52. The first kappa shape index (κ1) is 9.96. The third kappa shape index (κ3) is 3.52. The van der Waals surface area contributed by atoms with E-state index in [2.05, 4.69) is 5.32 Å². The van der Waals surface area contributed by atoms with Crippen molar-refractivity contribution in [3.63, 3.8) is 0 Å². The van der Waals surface area contributed by atoms with Crippen molar-refractivity contribution in [2.75, 3.05) is 19.7 Å². The molecule has 3 heteroatoms. The number of rotatable bonds is 5. The molecule has 0 aromatic carbocycles. The van der Waals surface area contributed by atoms with Crippen molar-refractivity contribution in [1.82, 2.24) is 5.32 Å². The molecule has 1 aliphatic heterocycles. The Morgan fingerprint density at radius 2 is 2.50 bits per heavy atom. The van der Waals surface area contributed by atoms with Gasteiger partial charge in [-0.3, -0.25) is 0 Å². The highest BCUT2D eigenvalue weighted by atomic mass is 16.5. The maximum absolute atomic E-state index is 9.50. The summed E-state index contributed by atoms with van der Waals surface area (Å²) in [5, 5.41) is 12.6. The van der Waals surface area contributed by atoms with Gasteiger partial charge in [-0.2, -0.15) is 0 Å². The second-order valence-corrected chi connectivity index (χ2v) is 3.33. The lowest BCUT2D eigenvalue weighted by Gasteiger charge is -2.14. The smallest absolute Gasteiger partial charge is 0.0689 e. The van der Waals surface area contributed by atoms with Crippen LogP contribution in [-0.2, 0) is 4.74 Å². The third-order valence-electron chi connectivity index (χ3n) is 2.19. The molecule has 1 fully saturated rings. The Hall–Kier alpha value is -0.120. The molecular weight excluding hydrogens is 154 g/mol. The molecule has 1 heterocycles. The molecule has 3 nitrogen and oxygen atoms in total. The maximum atomic E-state index is 9.50. The zero-order valence-electron chi connectivity index (χ0n) is 7.75. The monoisotopic (exact) mass is 173 g/mol. The molecule has 72 valence electrons. The summed E-state index contributed by atoms with van der Waals surface area (Å²) >= 11 is 0. The predicted molar refractivity (Wildman–Crippen MR) is 48.1 cm³/mol. The number of ether oxygens (including phenoxy) is 1. The summed E-state index contributed by atoms with van der Waals surface area (Å²) in [6, 6.07) is 0. The summed E-state index contributed by atoms with van der Waals surface area (Å²) < 4.78 is 5.42. The highest BCUT2D eigenvalue weighted by Gasteiger charge is 2.18. The van der Waals surface area contributed by atoms with Crippen LogP contribution in [-0.4, -0.2) is 37.0 Å². The van der Waals surface area contributed by atoms with E-state index in [1.54, 1.807) is 0 Å². The fourth-order valence-electron chi connectivity index (χ4n) is 1.53. The standard InChI is InChI=1S/C9H19NO2/c1-2-10-7-8(11)6-9-4-3-5-12-9/h8-11H,2-7H2,1H3. The molecule has 0 radical (unpaired) electrons. The molecule has 0 aliphatic carbocycles. The molecule has 0 spiro atoms. The quantitative estimate of drug-likeness (QED) is 0.637. The average Bonchev–Trinajstić information content (AvgIpc) is 2.53. The summed E-state index contributed by atoms with van der Waals surface area (Å²) in [6.07, 6.45) is 3.11. The largest absolute Gasteiger partial charge is 0.392 e. The number of likely N-dealkylation sites (N-methyl/N-ethyl adjacent to an activating group) is 1. The normalized spacial score (nSPS) is 26.0. The van der Waals surface area contributed by atoms with Gasteiger partial charge in [0.15, 0.2) is 0 Å². The van der Waals surface area contributed by atoms with E-state index in [0.29, 0.717) is 12.6 Å². The van der Waals surface area contributed by atoms with Gasteiger partial charge in [0.05, 0.1) is 12.2 Å². The summed E-state index contributed by atoms with van der Waals surface area (Å²) in [7, 11) is 0. The first-order chi connectivity index (χ1) is 5.83. The van der Waals surface area contributed by atoms with Crippen LogP contribution in [0, 0.1) is 0 Å². The first-order valence-electron chi connectivity index (χ1n) is 4.83. The topological polar surface area (TPSA) is 41.5 Å². The van der Waals surface area contributed by atoms with Crippen molar-refractivity contribution in [2.45, 2.75) is 38.4 Å². The summed E-state index contributed by atoms with van der Waals surface area (Å²) in [5.74, 6) is 0. The molecule has 0 aromatic rings. The lowest BCUT2D eigenvalue weighted by Crippen LogP contribution is -2.29. The first-order valence-corrected chi connectivity index (χ1v) is 4.83. The van der Waals surface area contributed by atoms with Gasteiger partial charge in [-0.25, -0.2) is 0 Å². The van der Waals surface area contributed by atoms with Gasteiger partial charge in [0, 0.05) is 19.6 Å². The second-order valence-electron chi connectivity index (χ2n) is 3.33. The highest BCUT2D eigenvalue weighted by molar-refractivity contribution is 4.70. The molecule has 2 unspecified atom stereocenters. The Morgan fingerprint density at radius 3 is 3.08 bits per heavy atom. The van der Waals surface area contributed by atoms with Gasteiger partial charge in [-0.05, 0) is 19.4 Å². The van der Waals surface area contributed by atoms with Gasteiger partial charge >= 0.3 is 0 Å². The minimum atomic E-state index is -0.243. The predicted octanol–water partition coefficient (Wildman–Crippen LogP) is 0.526. The van der Waals surface area contributed by atoms with Crippen LogP contribution in [0.5, 0.6) is 0 Å². The Balaban J connectivity index is 2.03. The van der Waals surface area contributed by atoms with Crippen LogP contribution in [0.1, 0.15) is 26.2 Å². The van der Waals surface area contributed by atoms with E-state index < -0.39 is 0 Å². The fourth-order valence-corrected chi connectivity index (χ4v) is 1.53. The molecule has 1 rings (SSSR count). The molecule has 0 aromatic heterocycles. The third-order valence-corrected chi connectivity index (χ3v) is 2.19. The number of hydrogen-bond donors (Lipinski definition) is 2. The van der Waals surface area contributed by atoms with Crippen LogP contribution in [0.4, 0.5) is 0 Å². The molecule has 1 aliphatic rings. The number of aliphatic hydroxyl groups excluding tert-OH is 1. The van der Waals surface area contributed by atoms with Gasteiger partial charge in [0.2, 0.25) is 0 Å². The van der Waals surface area contributed by atoms with Gasteiger partial charge in [0.1, 0.15) is 0 Å². The van der Waals surface area contributed by atoms with Gasteiger partial charge in [-0.1, -0.05) is 6.92 Å². The Kier molecular flexibility index (Phi) is 4.58. The lowest BCUT2D eigenvalue weighted by molar-refractivity contribution is 0.0541. The molecular formula is C9H19NO2. The molecule has 1 saturated heterocycles. The van der Waals surface area contributed by atoms with Gasteiger partial charge in [0.25, 0.3) is 0 Å². The zero-order chi connectivity index (χ0) is 8.81. The van der Waals surface area contributed by atoms with Crippen LogP contribution in [0.3, 0.4) is 0 Å².